The van der Waals surface area contributed by atoms with Crippen LogP contribution in [0.1, 0.15) is 11.1 Å². The second-order valence-corrected chi connectivity index (χ2v) is 10.9. The molecule has 0 aliphatic rings. The second-order valence-electron chi connectivity index (χ2n) is 9.51. The molecule has 3 heterocycles. The summed E-state index contributed by atoms with van der Waals surface area (Å²) in [5.41, 5.74) is 7.48. The summed E-state index contributed by atoms with van der Waals surface area (Å²) in [6.45, 7) is 1.92. The molecule has 0 aliphatic carbocycles. The number of carbonyl (C=O) groups is 1. The van der Waals surface area contributed by atoms with Gasteiger partial charge in [-0.2, -0.15) is 0 Å². The fourth-order valence-corrected chi connectivity index (χ4v) is 6.26. The summed E-state index contributed by atoms with van der Waals surface area (Å²) in [5.74, 6) is -0.888. The van der Waals surface area contributed by atoms with E-state index in [1.807, 2.05) is 79.3 Å². The maximum absolute atomic E-state index is 12.7. The van der Waals surface area contributed by atoms with Gasteiger partial charge < -0.3 is 5.11 Å². The van der Waals surface area contributed by atoms with E-state index >= 15 is 0 Å². The largest absolute Gasteiger partial charge is 0.481 e. The van der Waals surface area contributed by atoms with Crippen LogP contribution in [-0.4, -0.2) is 30.4 Å². The number of hydrogen-bond donors (Lipinski definition) is 1. The zero-order valence-electron chi connectivity index (χ0n) is 21.4. The van der Waals surface area contributed by atoms with Gasteiger partial charge in [-0.3, -0.25) is 23.9 Å². The highest BCUT2D eigenvalue weighted by Gasteiger charge is 2.20. The zero-order chi connectivity index (χ0) is 27.4. The molecule has 0 fully saturated rings. The van der Waals surface area contributed by atoms with Crippen LogP contribution < -0.4 is 5.56 Å². The normalized spacial score (nSPS) is 11.5. The van der Waals surface area contributed by atoms with Crippen LogP contribution in [-0.2, 0) is 25.3 Å². The third kappa shape index (κ3) is 4.31. The molecule has 3 aromatic carbocycles. The van der Waals surface area contributed by atoms with Crippen LogP contribution in [0.4, 0.5) is 0 Å². The van der Waals surface area contributed by atoms with Crippen molar-refractivity contribution in [3.63, 3.8) is 0 Å². The average molecular weight is 555 g/mol. The topological polar surface area (TPSA) is 90.0 Å². The molecular formula is C30H23ClN4O3S. The molecule has 0 radical (unpaired) electrons. The lowest BCUT2D eigenvalue weighted by Crippen LogP contribution is -2.16. The van der Waals surface area contributed by atoms with E-state index < -0.39 is 5.97 Å². The van der Waals surface area contributed by atoms with Crippen molar-refractivity contribution in [2.75, 3.05) is 0 Å². The summed E-state index contributed by atoms with van der Waals surface area (Å²) in [4.78, 5) is 33.9. The van der Waals surface area contributed by atoms with Crippen LogP contribution >= 0.6 is 22.9 Å². The number of pyridine rings is 1. The highest BCUT2D eigenvalue weighted by atomic mass is 35.5. The van der Waals surface area contributed by atoms with E-state index in [9.17, 15) is 14.7 Å². The van der Waals surface area contributed by atoms with Crippen LogP contribution in [0.5, 0.6) is 0 Å². The highest BCUT2D eigenvalue weighted by molar-refractivity contribution is 7.22. The van der Waals surface area contributed by atoms with Crippen molar-refractivity contribution in [3.8, 4) is 33.0 Å². The SMILES string of the molecule is Cc1cc2nc(-c3ccnc(-c4ccc5c(c4)c(=O)n(C)n5C)c3)sc2c(-c2ccc(Cl)cc2)c1CC(=O)O. The van der Waals surface area contributed by atoms with Crippen molar-refractivity contribution >= 4 is 50.0 Å². The lowest BCUT2D eigenvalue weighted by Gasteiger charge is -2.13. The third-order valence-corrected chi connectivity index (χ3v) is 8.48. The Kier molecular flexibility index (Phi) is 6.09. The Morgan fingerprint density at radius 2 is 1.72 bits per heavy atom. The van der Waals surface area contributed by atoms with Crippen LogP contribution in [0.3, 0.4) is 0 Å². The van der Waals surface area contributed by atoms with Crippen molar-refractivity contribution < 1.29 is 9.90 Å². The maximum Gasteiger partial charge on any atom is 0.307 e. The fraction of sp³-hybridized carbons (Fsp3) is 0.133. The molecule has 7 nitrogen and oxygen atoms in total. The first-order chi connectivity index (χ1) is 18.7. The predicted octanol–water partition coefficient (Wildman–Crippen LogP) is 6.47. The Hall–Kier alpha value is -4.27. The van der Waals surface area contributed by atoms with Crippen LogP contribution in [0.25, 0.3) is 54.1 Å². The van der Waals surface area contributed by atoms with E-state index in [0.29, 0.717) is 10.4 Å². The third-order valence-electron chi connectivity index (χ3n) is 7.09. The van der Waals surface area contributed by atoms with Crippen LogP contribution in [0.2, 0.25) is 5.02 Å². The monoisotopic (exact) mass is 554 g/mol. The molecule has 6 aromatic rings. The number of aliphatic carboxylic acids is 1. The van der Waals surface area contributed by atoms with E-state index in [0.717, 1.165) is 59.8 Å². The number of hydrogen-bond acceptors (Lipinski definition) is 5. The van der Waals surface area contributed by atoms with E-state index in [4.69, 9.17) is 16.6 Å². The number of halogens is 1. The number of rotatable bonds is 5. The average Bonchev–Trinajstić information content (AvgIpc) is 3.44. The van der Waals surface area contributed by atoms with Gasteiger partial charge in [0.15, 0.2) is 0 Å². The Morgan fingerprint density at radius 3 is 2.46 bits per heavy atom. The standard InChI is InChI=1S/C30H23ClN4O3S/c1-16-12-24-28(27(21(16)15-26(36)37)17-4-7-20(31)8-5-17)39-29(33-24)19-10-11-32-23(14-19)18-6-9-25-22(13-18)30(38)35(3)34(25)2/h4-14H,15H2,1-3H3,(H,36,37). The summed E-state index contributed by atoms with van der Waals surface area (Å²) in [6, 6.07) is 19.1. The summed E-state index contributed by atoms with van der Waals surface area (Å²) in [5, 5.41) is 11.7. The second kappa shape index (κ2) is 9.48. The molecule has 39 heavy (non-hydrogen) atoms. The van der Waals surface area contributed by atoms with Crippen molar-refractivity contribution in [2.45, 2.75) is 13.3 Å². The van der Waals surface area contributed by atoms with E-state index in [-0.39, 0.29) is 12.0 Å². The van der Waals surface area contributed by atoms with Gasteiger partial charge in [0.25, 0.3) is 5.56 Å². The lowest BCUT2D eigenvalue weighted by molar-refractivity contribution is -0.136. The first-order valence-corrected chi connectivity index (χ1v) is 13.4. The first-order valence-electron chi connectivity index (χ1n) is 12.2. The molecule has 1 N–H and O–H groups in total. The summed E-state index contributed by atoms with van der Waals surface area (Å²) in [6.07, 6.45) is 1.65. The zero-order valence-corrected chi connectivity index (χ0v) is 23.0. The van der Waals surface area contributed by atoms with Gasteiger partial charge in [-0.05, 0) is 66.1 Å². The number of carboxylic acid groups (broad SMARTS) is 1. The van der Waals surface area contributed by atoms with Gasteiger partial charge in [-0.15, -0.1) is 11.3 Å². The van der Waals surface area contributed by atoms with Gasteiger partial charge in [-0.25, -0.2) is 4.98 Å². The Morgan fingerprint density at radius 1 is 0.974 bits per heavy atom. The number of thiazole rings is 1. The van der Waals surface area contributed by atoms with Gasteiger partial charge in [0.1, 0.15) is 5.01 Å². The van der Waals surface area contributed by atoms with Crippen molar-refractivity contribution in [1.29, 1.82) is 0 Å². The lowest BCUT2D eigenvalue weighted by atomic mass is 9.93. The van der Waals surface area contributed by atoms with Crippen molar-refractivity contribution in [2.24, 2.45) is 14.1 Å². The van der Waals surface area contributed by atoms with Crippen molar-refractivity contribution in [1.82, 2.24) is 19.3 Å². The van der Waals surface area contributed by atoms with Gasteiger partial charge in [-0.1, -0.05) is 29.8 Å². The molecule has 6 rings (SSSR count). The molecule has 0 amide bonds. The minimum absolute atomic E-state index is 0.0565. The number of fused-ring (bicyclic) bond motifs is 2. The molecule has 0 unspecified atom stereocenters. The first kappa shape index (κ1) is 25.0. The van der Waals surface area contributed by atoms with Crippen LogP contribution in [0, 0.1) is 6.92 Å². The Labute approximate surface area is 232 Å². The van der Waals surface area contributed by atoms with Gasteiger partial charge >= 0.3 is 5.97 Å². The summed E-state index contributed by atoms with van der Waals surface area (Å²) >= 11 is 7.66. The molecule has 3 aromatic heterocycles. The van der Waals surface area contributed by atoms with Crippen LogP contribution in [0.15, 0.2) is 71.7 Å². The van der Waals surface area contributed by atoms with Gasteiger partial charge in [0, 0.05) is 42.0 Å². The van der Waals surface area contributed by atoms with E-state index in [1.54, 1.807) is 17.9 Å². The number of aryl methyl sites for hydroxylation is 2. The summed E-state index contributed by atoms with van der Waals surface area (Å²) < 4.78 is 4.32. The van der Waals surface area contributed by atoms with Crippen molar-refractivity contribution in [3.05, 3.63) is 93.4 Å². The number of aromatic nitrogens is 4. The molecule has 0 saturated carbocycles. The predicted molar refractivity (Wildman–Crippen MR) is 157 cm³/mol. The molecule has 0 atom stereocenters. The number of benzene rings is 3. The minimum atomic E-state index is -0.888. The van der Waals surface area contributed by atoms with Gasteiger partial charge in [0.2, 0.25) is 0 Å². The smallest absolute Gasteiger partial charge is 0.307 e. The minimum Gasteiger partial charge on any atom is -0.481 e. The molecule has 0 aliphatic heterocycles. The molecule has 0 bridgehead atoms. The maximum atomic E-state index is 12.7. The number of nitrogens with zero attached hydrogens (tertiary/aromatic N) is 4. The molecular weight excluding hydrogens is 532 g/mol. The molecule has 194 valence electrons. The molecule has 0 spiro atoms. The Balaban J connectivity index is 1.50. The number of carboxylic acids is 1. The Bertz CT molecular complexity index is 1990. The van der Waals surface area contributed by atoms with E-state index in [1.165, 1.54) is 11.3 Å². The summed E-state index contributed by atoms with van der Waals surface area (Å²) in [7, 11) is 3.60. The fourth-order valence-electron chi connectivity index (χ4n) is 5.00. The van der Waals surface area contributed by atoms with E-state index in [2.05, 4.69) is 4.98 Å². The molecule has 0 saturated heterocycles. The van der Waals surface area contributed by atoms with Gasteiger partial charge in [0.05, 0.1) is 33.2 Å². The molecule has 9 heteroatoms. The quantitative estimate of drug-likeness (QED) is 0.264. The highest BCUT2D eigenvalue weighted by Crippen LogP contribution is 2.41.